The molecule has 90 valence electrons. The molecule has 0 aliphatic rings. The van der Waals surface area contributed by atoms with Crippen LogP contribution in [0.2, 0.25) is 0 Å². The number of hydrogen-bond donors (Lipinski definition) is 3. The van der Waals surface area contributed by atoms with Gasteiger partial charge in [-0.1, -0.05) is 0 Å². The maximum absolute atomic E-state index is 10.8. The highest BCUT2D eigenvalue weighted by Crippen LogP contribution is 2.20. The summed E-state index contributed by atoms with van der Waals surface area (Å²) in [5.74, 6) is -2.71. The van der Waals surface area contributed by atoms with Crippen LogP contribution >= 0.6 is 0 Å². The van der Waals surface area contributed by atoms with Crippen LogP contribution in [0.25, 0.3) is 6.08 Å². The third-order valence-electron chi connectivity index (χ3n) is 2.09. The lowest BCUT2D eigenvalue weighted by Crippen LogP contribution is -2.01. The van der Waals surface area contributed by atoms with Crippen molar-refractivity contribution in [3.05, 3.63) is 38.8 Å². The molecular weight excluding hydrogens is 232 g/mol. The Bertz CT molecular complexity index is 528. The summed E-state index contributed by atoms with van der Waals surface area (Å²) in [5.41, 5.74) is -0.581. The summed E-state index contributed by atoms with van der Waals surface area (Å²) in [7, 11) is 0. The molecule has 0 fully saturated rings. The molecule has 0 aliphatic heterocycles. The van der Waals surface area contributed by atoms with Gasteiger partial charge in [0.2, 0.25) is 6.20 Å². The summed E-state index contributed by atoms with van der Waals surface area (Å²) >= 11 is 0. The van der Waals surface area contributed by atoms with Crippen molar-refractivity contribution in [3.63, 3.8) is 0 Å². The van der Waals surface area contributed by atoms with Crippen molar-refractivity contribution < 1.29 is 24.7 Å². The fraction of sp³-hybridized carbons (Fsp3) is 0.111. The molecule has 0 unspecified atom stereocenters. The molecule has 0 saturated heterocycles. The third kappa shape index (κ3) is 2.48. The smallest absolute Gasteiger partial charge is 0.352 e. The minimum absolute atomic E-state index is 0.0217. The molecular formula is C9H8N2O6. The zero-order chi connectivity index (χ0) is 13.2. The number of nitrogens with one attached hydrogen (secondary N) is 1. The Labute approximate surface area is 94.3 Å². The van der Waals surface area contributed by atoms with Crippen LogP contribution in [0.5, 0.6) is 0 Å². The lowest BCUT2D eigenvalue weighted by atomic mass is 10.1. The first-order valence-electron chi connectivity index (χ1n) is 4.35. The van der Waals surface area contributed by atoms with E-state index in [0.717, 1.165) is 6.08 Å². The first kappa shape index (κ1) is 12.4. The second kappa shape index (κ2) is 4.47. The number of H-pyrrole nitrogens is 1. The summed E-state index contributed by atoms with van der Waals surface area (Å²) in [5, 5.41) is 27.8. The minimum Gasteiger partial charge on any atom is -0.477 e. The Morgan fingerprint density at radius 1 is 1.29 bits per heavy atom. The Balaban J connectivity index is 3.40. The van der Waals surface area contributed by atoms with Crippen LogP contribution in [-0.4, -0.2) is 32.1 Å². The van der Waals surface area contributed by atoms with Crippen LogP contribution in [0.1, 0.15) is 32.1 Å². The minimum atomic E-state index is -1.39. The van der Waals surface area contributed by atoms with Gasteiger partial charge in [0.1, 0.15) is 11.4 Å². The van der Waals surface area contributed by atoms with Crippen LogP contribution in [0, 0.1) is 17.0 Å². The number of rotatable bonds is 4. The van der Waals surface area contributed by atoms with E-state index < -0.39 is 22.6 Å². The number of nitrogens with zero attached hydrogens (tertiary/aromatic N) is 1. The molecule has 1 aromatic rings. The zero-order valence-electron chi connectivity index (χ0n) is 8.63. The topological polar surface area (TPSA) is 134 Å². The number of carbonyl (C=O) groups is 2. The Morgan fingerprint density at radius 3 is 2.24 bits per heavy atom. The van der Waals surface area contributed by atoms with E-state index in [1.807, 2.05) is 0 Å². The molecule has 0 spiro atoms. The van der Waals surface area contributed by atoms with Crippen LogP contribution in [0.15, 0.2) is 6.20 Å². The normalized spacial score (nSPS) is 10.6. The standard InChI is InChI=1S/C9H8N2O6/c1-4-5(2-3-11(16)17)7(9(14)15)10-6(4)8(12)13/h2-3,10H,1H3,(H,12,13)(H,14,15)/b3-2+. The van der Waals surface area contributed by atoms with Gasteiger partial charge in [-0.25, -0.2) is 9.59 Å². The summed E-state index contributed by atoms with van der Waals surface area (Å²) in [6, 6.07) is 0. The highest BCUT2D eigenvalue weighted by molar-refractivity contribution is 5.96. The van der Waals surface area contributed by atoms with Crippen molar-refractivity contribution >= 4 is 18.0 Å². The molecule has 0 aliphatic carbocycles. The van der Waals surface area contributed by atoms with E-state index in [4.69, 9.17) is 10.2 Å². The molecule has 1 aromatic heterocycles. The molecule has 1 rings (SSSR count). The lowest BCUT2D eigenvalue weighted by Gasteiger charge is -1.92. The second-order valence-corrected chi connectivity index (χ2v) is 3.13. The van der Waals surface area contributed by atoms with Crippen molar-refractivity contribution in [2.24, 2.45) is 0 Å². The van der Waals surface area contributed by atoms with Crippen LogP contribution in [0.3, 0.4) is 0 Å². The predicted octanol–water partition coefficient (Wildman–Crippen LogP) is 0.967. The van der Waals surface area contributed by atoms with E-state index in [-0.39, 0.29) is 16.8 Å². The average Bonchev–Trinajstić information content (AvgIpc) is 2.52. The van der Waals surface area contributed by atoms with Crippen molar-refractivity contribution in [2.45, 2.75) is 6.92 Å². The predicted molar refractivity (Wildman–Crippen MR) is 55.5 cm³/mol. The molecule has 3 N–H and O–H groups in total. The molecule has 1 heterocycles. The quantitative estimate of drug-likeness (QED) is 0.530. The maximum atomic E-state index is 10.8. The average molecular weight is 240 g/mol. The molecule has 0 bridgehead atoms. The van der Waals surface area contributed by atoms with Gasteiger partial charge in [-0.05, 0) is 12.5 Å². The summed E-state index contributed by atoms with van der Waals surface area (Å²) in [6.45, 7) is 1.37. The van der Waals surface area contributed by atoms with Crippen molar-refractivity contribution in [1.82, 2.24) is 4.98 Å². The van der Waals surface area contributed by atoms with Gasteiger partial charge in [-0.15, -0.1) is 0 Å². The van der Waals surface area contributed by atoms with Crippen molar-refractivity contribution in [1.29, 1.82) is 0 Å². The summed E-state index contributed by atoms with van der Waals surface area (Å²) in [4.78, 5) is 33.2. The zero-order valence-corrected chi connectivity index (χ0v) is 8.63. The summed E-state index contributed by atoms with van der Waals surface area (Å²) < 4.78 is 0. The highest BCUT2D eigenvalue weighted by Gasteiger charge is 2.21. The van der Waals surface area contributed by atoms with Gasteiger partial charge in [0.15, 0.2) is 0 Å². The van der Waals surface area contributed by atoms with E-state index in [2.05, 4.69) is 4.98 Å². The number of carboxylic acid groups (broad SMARTS) is 2. The number of hydrogen-bond acceptors (Lipinski definition) is 4. The molecule has 0 saturated carbocycles. The van der Waals surface area contributed by atoms with Crippen LogP contribution in [-0.2, 0) is 0 Å². The summed E-state index contributed by atoms with van der Waals surface area (Å²) in [6.07, 6.45) is 1.50. The molecule has 17 heavy (non-hydrogen) atoms. The van der Waals surface area contributed by atoms with E-state index in [1.54, 1.807) is 0 Å². The van der Waals surface area contributed by atoms with Gasteiger partial charge < -0.3 is 15.2 Å². The maximum Gasteiger partial charge on any atom is 0.352 e. The molecule has 0 aromatic carbocycles. The van der Waals surface area contributed by atoms with Crippen molar-refractivity contribution in [2.75, 3.05) is 0 Å². The van der Waals surface area contributed by atoms with Gasteiger partial charge in [0.05, 0.1) is 4.92 Å². The van der Waals surface area contributed by atoms with Crippen LogP contribution < -0.4 is 0 Å². The second-order valence-electron chi connectivity index (χ2n) is 3.13. The highest BCUT2D eigenvalue weighted by atomic mass is 16.6. The van der Waals surface area contributed by atoms with Gasteiger partial charge in [0.25, 0.3) is 0 Å². The number of aromatic nitrogens is 1. The Hall–Kier alpha value is -2.64. The largest absolute Gasteiger partial charge is 0.477 e. The number of nitro groups is 1. The first-order chi connectivity index (χ1) is 7.84. The fourth-order valence-electron chi connectivity index (χ4n) is 1.33. The number of aromatic amines is 1. The van der Waals surface area contributed by atoms with E-state index in [1.165, 1.54) is 6.92 Å². The van der Waals surface area contributed by atoms with Gasteiger partial charge >= 0.3 is 11.9 Å². The van der Waals surface area contributed by atoms with Gasteiger partial charge in [0, 0.05) is 11.6 Å². The molecule has 0 amide bonds. The first-order valence-corrected chi connectivity index (χ1v) is 4.35. The number of carboxylic acids is 2. The monoisotopic (exact) mass is 240 g/mol. The molecule has 0 radical (unpaired) electrons. The van der Waals surface area contributed by atoms with E-state index >= 15 is 0 Å². The Morgan fingerprint density at radius 2 is 1.82 bits per heavy atom. The van der Waals surface area contributed by atoms with Gasteiger partial charge in [-0.2, -0.15) is 0 Å². The molecule has 8 heteroatoms. The van der Waals surface area contributed by atoms with Crippen LogP contribution in [0.4, 0.5) is 0 Å². The third-order valence-corrected chi connectivity index (χ3v) is 2.09. The fourth-order valence-corrected chi connectivity index (χ4v) is 1.33. The van der Waals surface area contributed by atoms with Gasteiger partial charge in [-0.3, -0.25) is 10.1 Å². The van der Waals surface area contributed by atoms with Crippen molar-refractivity contribution in [3.8, 4) is 0 Å². The molecule has 8 nitrogen and oxygen atoms in total. The van der Waals surface area contributed by atoms with E-state index in [0.29, 0.717) is 6.20 Å². The Kier molecular flexibility index (Phi) is 3.27. The lowest BCUT2D eigenvalue weighted by molar-refractivity contribution is -0.400. The number of aromatic carboxylic acids is 2. The van der Waals surface area contributed by atoms with E-state index in [9.17, 15) is 19.7 Å². The molecule has 0 atom stereocenters. The SMILES string of the molecule is Cc1c(C(=O)O)[nH]c(C(=O)O)c1/C=C/[N+](=O)[O-].